The average molecular weight is 287 g/mol. The zero-order valence-corrected chi connectivity index (χ0v) is 10.9. The van der Waals surface area contributed by atoms with Gasteiger partial charge in [-0.3, -0.25) is 4.79 Å². The molecule has 3 nitrogen and oxygen atoms in total. The zero-order chi connectivity index (χ0) is 15.2. The van der Waals surface area contributed by atoms with Crippen molar-refractivity contribution in [2.75, 3.05) is 11.9 Å². The van der Waals surface area contributed by atoms with E-state index in [-0.39, 0.29) is 12.2 Å². The molecule has 2 N–H and O–H groups in total. The Labute approximate surface area is 120 Å². The largest absolute Gasteiger partial charge is 0.384 e. The van der Waals surface area contributed by atoms with Crippen molar-refractivity contribution in [3.8, 4) is 11.8 Å². The lowest BCUT2D eigenvalue weighted by Crippen LogP contribution is -2.13. The van der Waals surface area contributed by atoms with E-state index in [1.807, 2.05) is 0 Å². The van der Waals surface area contributed by atoms with Gasteiger partial charge in [0.25, 0.3) is 5.91 Å². The van der Waals surface area contributed by atoms with E-state index >= 15 is 0 Å². The molecule has 0 spiro atoms. The van der Waals surface area contributed by atoms with Gasteiger partial charge in [0, 0.05) is 17.2 Å². The number of benzene rings is 2. The summed E-state index contributed by atoms with van der Waals surface area (Å²) in [6.45, 7) is -0.308. The van der Waals surface area contributed by atoms with Crippen molar-refractivity contribution < 1.29 is 18.7 Å². The van der Waals surface area contributed by atoms with Crippen LogP contribution in [-0.4, -0.2) is 17.6 Å². The Morgan fingerprint density at radius 3 is 2.48 bits per heavy atom. The van der Waals surface area contributed by atoms with Gasteiger partial charge in [0.05, 0.1) is 5.69 Å². The fraction of sp³-hybridized carbons (Fsp3) is 0.0625. The van der Waals surface area contributed by atoms with E-state index in [1.54, 1.807) is 24.3 Å². The van der Waals surface area contributed by atoms with Crippen LogP contribution in [0, 0.1) is 23.5 Å². The summed E-state index contributed by atoms with van der Waals surface area (Å²) in [7, 11) is 0. The first-order chi connectivity index (χ1) is 10.1. The second-order valence-corrected chi connectivity index (χ2v) is 4.12. The van der Waals surface area contributed by atoms with Crippen molar-refractivity contribution in [2.24, 2.45) is 0 Å². The Balaban J connectivity index is 2.27. The van der Waals surface area contributed by atoms with Crippen LogP contribution in [0.1, 0.15) is 15.9 Å². The van der Waals surface area contributed by atoms with Crippen LogP contribution in [0.15, 0.2) is 42.5 Å². The van der Waals surface area contributed by atoms with Crippen molar-refractivity contribution in [2.45, 2.75) is 0 Å². The number of carbonyl (C=O) groups is 1. The number of para-hydroxylation sites is 1. The van der Waals surface area contributed by atoms with Gasteiger partial charge in [-0.2, -0.15) is 0 Å². The van der Waals surface area contributed by atoms with Crippen LogP contribution < -0.4 is 5.32 Å². The zero-order valence-electron chi connectivity index (χ0n) is 10.9. The summed E-state index contributed by atoms with van der Waals surface area (Å²) < 4.78 is 26.2. The summed E-state index contributed by atoms with van der Waals surface area (Å²) in [5.74, 6) is 2.85. The maximum Gasteiger partial charge on any atom is 0.255 e. The predicted molar refractivity (Wildman–Crippen MR) is 74.7 cm³/mol. The number of hydrogen-bond acceptors (Lipinski definition) is 2. The Hall–Kier alpha value is -2.71. The van der Waals surface area contributed by atoms with Crippen LogP contribution in [0.2, 0.25) is 0 Å². The number of hydrogen-bond donors (Lipinski definition) is 2. The summed E-state index contributed by atoms with van der Waals surface area (Å²) in [4.78, 5) is 12.0. The number of rotatable bonds is 2. The minimum atomic E-state index is -0.825. The molecule has 0 atom stereocenters. The molecule has 2 rings (SSSR count). The van der Waals surface area contributed by atoms with E-state index in [4.69, 9.17) is 5.11 Å². The second kappa shape index (κ2) is 6.64. The van der Waals surface area contributed by atoms with E-state index in [0.29, 0.717) is 17.3 Å². The maximum atomic E-state index is 13.1. The van der Waals surface area contributed by atoms with Crippen molar-refractivity contribution in [3.05, 3.63) is 65.2 Å². The molecule has 0 aliphatic heterocycles. The van der Waals surface area contributed by atoms with Gasteiger partial charge in [-0.1, -0.05) is 24.0 Å². The lowest BCUT2D eigenvalue weighted by Gasteiger charge is -2.07. The molecule has 1 amide bonds. The Morgan fingerprint density at radius 2 is 1.81 bits per heavy atom. The molecule has 2 aromatic rings. The van der Waals surface area contributed by atoms with Crippen molar-refractivity contribution in [1.29, 1.82) is 0 Å². The topological polar surface area (TPSA) is 49.3 Å². The lowest BCUT2D eigenvalue weighted by molar-refractivity contribution is 0.102. The minimum absolute atomic E-state index is 0.127. The smallest absolute Gasteiger partial charge is 0.255 e. The first-order valence-corrected chi connectivity index (χ1v) is 6.06. The van der Waals surface area contributed by atoms with Crippen molar-refractivity contribution >= 4 is 11.6 Å². The Bertz CT molecular complexity index is 712. The van der Waals surface area contributed by atoms with Crippen LogP contribution in [0.3, 0.4) is 0 Å². The molecular weight excluding hydrogens is 276 g/mol. The van der Waals surface area contributed by atoms with Gasteiger partial charge < -0.3 is 10.4 Å². The quantitative estimate of drug-likeness (QED) is 0.834. The molecule has 0 unspecified atom stereocenters. The molecule has 0 aliphatic rings. The van der Waals surface area contributed by atoms with Gasteiger partial charge in [0.2, 0.25) is 0 Å². The van der Waals surface area contributed by atoms with Gasteiger partial charge in [-0.15, -0.1) is 0 Å². The third kappa shape index (κ3) is 3.88. The summed E-state index contributed by atoms with van der Waals surface area (Å²) in [5, 5.41) is 11.2. The summed E-state index contributed by atoms with van der Waals surface area (Å²) in [5.41, 5.74) is 0.766. The number of amides is 1. The van der Waals surface area contributed by atoms with E-state index in [0.717, 1.165) is 12.1 Å². The molecule has 0 saturated heterocycles. The number of anilines is 1. The minimum Gasteiger partial charge on any atom is -0.384 e. The van der Waals surface area contributed by atoms with Crippen LogP contribution in [0.25, 0.3) is 0 Å². The highest BCUT2D eigenvalue weighted by molar-refractivity contribution is 6.04. The van der Waals surface area contributed by atoms with Gasteiger partial charge in [-0.25, -0.2) is 8.78 Å². The fourth-order valence-corrected chi connectivity index (χ4v) is 1.72. The third-order valence-electron chi connectivity index (χ3n) is 2.60. The van der Waals surface area contributed by atoms with Crippen LogP contribution >= 0.6 is 0 Å². The van der Waals surface area contributed by atoms with Crippen molar-refractivity contribution in [1.82, 2.24) is 0 Å². The van der Waals surface area contributed by atoms with Crippen LogP contribution in [-0.2, 0) is 0 Å². The number of carbonyl (C=O) groups excluding carboxylic acids is 1. The molecule has 0 heterocycles. The molecule has 21 heavy (non-hydrogen) atoms. The molecule has 2 aromatic carbocycles. The number of aliphatic hydroxyl groups excluding tert-OH is 1. The lowest BCUT2D eigenvalue weighted by atomic mass is 10.1. The predicted octanol–water partition coefficient (Wildman–Crippen LogP) is 2.56. The van der Waals surface area contributed by atoms with E-state index < -0.39 is 17.5 Å². The molecule has 0 fully saturated rings. The van der Waals surface area contributed by atoms with Gasteiger partial charge >= 0.3 is 0 Å². The number of halogens is 2. The van der Waals surface area contributed by atoms with Gasteiger partial charge in [-0.05, 0) is 24.3 Å². The first-order valence-electron chi connectivity index (χ1n) is 6.06. The Morgan fingerprint density at radius 1 is 1.14 bits per heavy atom. The molecule has 0 bridgehead atoms. The van der Waals surface area contributed by atoms with Crippen LogP contribution in [0.4, 0.5) is 14.5 Å². The standard InChI is InChI=1S/C16H11F2NO2/c17-13-8-12(9-14(18)10-13)16(21)19-15-6-2-1-4-11(15)5-3-7-20/h1-2,4,6,8-10,20H,7H2,(H,19,21). The average Bonchev–Trinajstić information content (AvgIpc) is 2.45. The highest BCUT2D eigenvalue weighted by atomic mass is 19.1. The summed E-state index contributed by atoms with van der Waals surface area (Å²) in [6.07, 6.45) is 0. The monoisotopic (exact) mass is 287 g/mol. The number of aliphatic hydroxyl groups is 1. The van der Waals surface area contributed by atoms with Gasteiger partial charge in [0.1, 0.15) is 18.2 Å². The SMILES string of the molecule is O=C(Nc1ccccc1C#CCO)c1cc(F)cc(F)c1. The summed E-state index contributed by atoms with van der Waals surface area (Å²) >= 11 is 0. The molecule has 0 radical (unpaired) electrons. The van der Waals surface area contributed by atoms with E-state index in [2.05, 4.69) is 17.2 Å². The molecule has 0 aliphatic carbocycles. The van der Waals surface area contributed by atoms with E-state index in [9.17, 15) is 13.6 Å². The fourth-order valence-electron chi connectivity index (χ4n) is 1.72. The number of nitrogens with one attached hydrogen (secondary N) is 1. The second-order valence-electron chi connectivity index (χ2n) is 4.12. The van der Waals surface area contributed by atoms with E-state index in [1.165, 1.54) is 0 Å². The molecule has 0 aromatic heterocycles. The van der Waals surface area contributed by atoms with Gasteiger partial charge in [0.15, 0.2) is 0 Å². The third-order valence-corrected chi connectivity index (χ3v) is 2.60. The van der Waals surface area contributed by atoms with Crippen LogP contribution in [0.5, 0.6) is 0 Å². The highest BCUT2D eigenvalue weighted by Gasteiger charge is 2.11. The molecular formula is C16H11F2NO2. The molecule has 0 saturated carbocycles. The normalized spacial score (nSPS) is 9.67. The molecule has 5 heteroatoms. The summed E-state index contributed by atoms with van der Waals surface area (Å²) in [6, 6.07) is 9.25. The highest BCUT2D eigenvalue weighted by Crippen LogP contribution is 2.16. The molecule has 106 valence electrons. The van der Waals surface area contributed by atoms with Crippen molar-refractivity contribution in [3.63, 3.8) is 0 Å². The maximum absolute atomic E-state index is 13.1. The first kappa shape index (κ1) is 14.7. The Kier molecular flexibility index (Phi) is 4.64.